The Morgan fingerprint density at radius 3 is 2.60 bits per heavy atom. The molecule has 2 unspecified atom stereocenters. The third kappa shape index (κ3) is 6.62. The Morgan fingerprint density at radius 1 is 1.29 bits per heavy atom. The fourth-order valence-electron chi connectivity index (χ4n) is 3.42. The number of halogens is 1. The largest absolute Gasteiger partial charge is 0.452 e. The smallest absolute Gasteiger partial charge is 0.218 e. The van der Waals surface area contributed by atoms with E-state index in [-0.39, 0.29) is 18.0 Å². The van der Waals surface area contributed by atoms with Crippen molar-refractivity contribution >= 4 is 23.7 Å². The van der Waals surface area contributed by atoms with Crippen LogP contribution in [0.15, 0.2) is 58.9 Å². The Morgan fingerprint density at radius 2 is 2.00 bits per heavy atom. The van der Waals surface area contributed by atoms with E-state index in [1.807, 2.05) is 38.2 Å². The van der Waals surface area contributed by atoms with E-state index in [1.54, 1.807) is 13.1 Å². The van der Waals surface area contributed by atoms with Gasteiger partial charge < -0.3 is 19.6 Å². The Bertz CT molecular complexity index is 1100. The predicted molar refractivity (Wildman–Crippen MR) is 141 cm³/mol. The summed E-state index contributed by atoms with van der Waals surface area (Å²) in [5.74, 6) is -0.0309. The van der Waals surface area contributed by atoms with Gasteiger partial charge in [-0.2, -0.15) is 0 Å². The Kier molecular flexibility index (Phi) is 9.31. The van der Waals surface area contributed by atoms with Crippen LogP contribution in [-0.2, 0) is 11.3 Å². The van der Waals surface area contributed by atoms with E-state index in [9.17, 15) is 4.39 Å². The van der Waals surface area contributed by atoms with Crippen molar-refractivity contribution in [1.82, 2.24) is 10.2 Å². The fourth-order valence-corrected chi connectivity index (χ4v) is 3.94. The summed E-state index contributed by atoms with van der Waals surface area (Å²) in [7, 11) is 3.70. The molecule has 35 heavy (non-hydrogen) atoms. The van der Waals surface area contributed by atoms with Gasteiger partial charge >= 0.3 is 0 Å². The molecule has 0 aliphatic carbocycles. The van der Waals surface area contributed by atoms with Crippen molar-refractivity contribution in [3.05, 3.63) is 76.4 Å². The van der Waals surface area contributed by atoms with Gasteiger partial charge in [-0.25, -0.2) is 9.38 Å². The normalized spacial score (nSPS) is 15.5. The third-order valence-corrected chi connectivity index (χ3v) is 6.87. The van der Waals surface area contributed by atoms with Crippen molar-refractivity contribution in [2.75, 3.05) is 20.6 Å². The van der Waals surface area contributed by atoms with Crippen molar-refractivity contribution in [3.8, 4) is 5.75 Å². The first-order valence-corrected chi connectivity index (χ1v) is 12.4. The first kappa shape index (κ1) is 26.7. The quantitative estimate of drug-likeness (QED) is 0.190. The first-order chi connectivity index (χ1) is 16.8. The number of aliphatic imine (C=N–C) groups is 1. The van der Waals surface area contributed by atoms with Gasteiger partial charge in [0.25, 0.3) is 0 Å². The van der Waals surface area contributed by atoms with Gasteiger partial charge in [-0.3, -0.25) is 10.7 Å². The maximum atomic E-state index is 14.5. The topological polar surface area (TPSA) is 96.0 Å². The molecule has 1 aliphatic heterocycles. The van der Waals surface area contributed by atoms with Gasteiger partial charge in [-0.1, -0.05) is 19.9 Å². The molecular formula is C26H34FN5O2S. The summed E-state index contributed by atoms with van der Waals surface area (Å²) < 4.78 is 26.1. The number of nitrogens with one attached hydrogen (secondary N) is 2. The van der Waals surface area contributed by atoms with Gasteiger partial charge in [-0.05, 0) is 67.9 Å². The molecule has 2 atom stereocenters. The standard InChI is InChI=1S/C26H34FN5O2S/c1-6-16(2)35-34-20-10-8-19(9-11-20)23-15-32(5)17(3)24(31-23)26(30-4)33-25(29)21-12-7-18(14-28)13-22(21)27/h7-13,16,26,29-30H,6,14-15,28H2,1-5H3. The minimum absolute atomic E-state index is 0.0694. The zero-order valence-electron chi connectivity index (χ0n) is 20.9. The Labute approximate surface area is 211 Å². The molecule has 0 fully saturated rings. The van der Waals surface area contributed by atoms with Gasteiger partial charge in [0.2, 0.25) is 5.90 Å². The molecule has 0 saturated heterocycles. The number of benzene rings is 2. The molecule has 0 spiro atoms. The fraction of sp³-hybridized carbons (Fsp3) is 0.385. The van der Waals surface area contributed by atoms with E-state index < -0.39 is 12.0 Å². The van der Waals surface area contributed by atoms with E-state index in [0.717, 1.165) is 29.1 Å². The lowest BCUT2D eigenvalue weighted by Gasteiger charge is -2.31. The van der Waals surface area contributed by atoms with E-state index in [4.69, 9.17) is 25.1 Å². The van der Waals surface area contributed by atoms with Crippen LogP contribution in [0.25, 0.3) is 0 Å². The average molecular weight is 500 g/mol. The number of nitrogens with two attached hydrogens (primary N) is 1. The van der Waals surface area contributed by atoms with Crippen molar-refractivity contribution in [3.63, 3.8) is 0 Å². The lowest BCUT2D eigenvalue weighted by Crippen LogP contribution is -2.39. The van der Waals surface area contributed by atoms with Crippen molar-refractivity contribution in [2.24, 2.45) is 10.7 Å². The van der Waals surface area contributed by atoms with E-state index in [2.05, 4.69) is 24.1 Å². The van der Waals surface area contributed by atoms with Crippen molar-refractivity contribution < 1.29 is 13.3 Å². The number of likely N-dealkylation sites (N-methyl/N-ethyl adjacent to an activating group) is 2. The monoisotopic (exact) mass is 499 g/mol. The lowest BCUT2D eigenvalue weighted by atomic mass is 10.1. The number of ether oxygens (including phenoxy) is 1. The van der Waals surface area contributed by atoms with Crippen LogP contribution in [0.2, 0.25) is 0 Å². The van der Waals surface area contributed by atoms with Gasteiger partial charge in [0.05, 0.1) is 29.9 Å². The third-order valence-electron chi connectivity index (χ3n) is 5.92. The highest BCUT2D eigenvalue weighted by molar-refractivity contribution is 7.95. The summed E-state index contributed by atoms with van der Waals surface area (Å²) in [6, 6.07) is 12.4. The molecular weight excluding hydrogens is 465 g/mol. The maximum absolute atomic E-state index is 14.5. The SMILES string of the molecule is CCC(C)SOc1ccc(C2=NC(C(NC)OC(=N)c3ccc(CN)cc3F)=C(C)N(C)C2)cc1. The van der Waals surface area contributed by atoms with Crippen LogP contribution in [0.5, 0.6) is 5.75 Å². The molecule has 7 nitrogen and oxygen atoms in total. The molecule has 0 aromatic heterocycles. The molecule has 0 amide bonds. The summed E-state index contributed by atoms with van der Waals surface area (Å²) in [4.78, 5) is 6.96. The Balaban J connectivity index is 1.80. The molecule has 188 valence electrons. The average Bonchev–Trinajstić information content (AvgIpc) is 2.87. The molecule has 9 heteroatoms. The summed E-state index contributed by atoms with van der Waals surface area (Å²) in [6.07, 6.45) is 0.307. The van der Waals surface area contributed by atoms with Gasteiger partial charge in [0, 0.05) is 24.5 Å². The molecule has 1 aliphatic rings. The summed E-state index contributed by atoms with van der Waals surface area (Å²) in [5.41, 5.74) is 9.67. The van der Waals surface area contributed by atoms with Gasteiger partial charge in [-0.15, -0.1) is 0 Å². The number of hydrogen-bond acceptors (Lipinski definition) is 8. The van der Waals surface area contributed by atoms with Crippen LogP contribution in [0, 0.1) is 11.2 Å². The van der Waals surface area contributed by atoms with Crippen molar-refractivity contribution in [2.45, 2.75) is 45.2 Å². The van der Waals surface area contributed by atoms with E-state index >= 15 is 0 Å². The van der Waals surface area contributed by atoms with Gasteiger partial charge in [0.15, 0.2) is 6.23 Å². The number of rotatable bonds is 10. The van der Waals surface area contributed by atoms with Crippen LogP contribution in [0.3, 0.4) is 0 Å². The molecule has 0 radical (unpaired) electrons. The highest BCUT2D eigenvalue weighted by Crippen LogP contribution is 2.26. The summed E-state index contributed by atoms with van der Waals surface area (Å²) in [6.45, 7) is 7.06. The predicted octanol–water partition coefficient (Wildman–Crippen LogP) is 4.66. The molecule has 2 aromatic carbocycles. The number of nitrogens with zero attached hydrogens (tertiary/aromatic N) is 2. The first-order valence-electron chi connectivity index (χ1n) is 11.6. The van der Waals surface area contributed by atoms with Gasteiger partial charge in [0.1, 0.15) is 17.3 Å². The second-order valence-electron chi connectivity index (χ2n) is 8.44. The van der Waals surface area contributed by atoms with E-state index in [1.165, 1.54) is 24.2 Å². The van der Waals surface area contributed by atoms with Crippen molar-refractivity contribution in [1.29, 1.82) is 5.41 Å². The summed E-state index contributed by atoms with van der Waals surface area (Å²) >= 11 is 1.46. The zero-order chi connectivity index (χ0) is 25.5. The van der Waals surface area contributed by atoms with Crippen LogP contribution >= 0.6 is 12.0 Å². The number of allylic oxidation sites excluding steroid dienone is 1. The molecule has 4 N–H and O–H groups in total. The Hall–Kier alpha value is -2.88. The second-order valence-corrected chi connectivity index (χ2v) is 9.61. The highest BCUT2D eigenvalue weighted by atomic mass is 32.2. The zero-order valence-corrected chi connectivity index (χ0v) is 21.7. The molecule has 3 rings (SSSR count). The minimum atomic E-state index is -0.733. The second kappa shape index (κ2) is 12.2. The van der Waals surface area contributed by atoms with Crippen LogP contribution in [-0.4, -0.2) is 48.6 Å². The minimum Gasteiger partial charge on any atom is -0.452 e. The maximum Gasteiger partial charge on any atom is 0.218 e. The highest BCUT2D eigenvalue weighted by Gasteiger charge is 2.26. The van der Waals surface area contributed by atoms with Crippen LogP contribution in [0.1, 0.15) is 43.9 Å². The van der Waals surface area contributed by atoms with Crippen LogP contribution < -0.4 is 15.2 Å². The lowest BCUT2D eigenvalue weighted by molar-refractivity contribution is 0.187. The molecule has 0 saturated carbocycles. The molecule has 2 aromatic rings. The summed E-state index contributed by atoms with van der Waals surface area (Å²) in [5, 5.41) is 11.8. The number of hydrogen-bond donors (Lipinski definition) is 3. The van der Waals surface area contributed by atoms with Crippen LogP contribution in [0.4, 0.5) is 4.39 Å². The van der Waals surface area contributed by atoms with E-state index in [0.29, 0.717) is 23.1 Å². The molecule has 1 heterocycles. The molecule has 0 bridgehead atoms.